The van der Waals surface area contributed by atoms with Crippen molar-refractivity contribution in [3.8, 4) is 0 Å². The van der Waals surface area contributed by atoms with Gasteiger partial charge in [-0.2, -0.15) is 0 Å². The second-order valence-corrected chi connectivity index (χ2v) is 3.53. The van der Waals surface area contributed by atoms with Crippen molar-refractivity contribution < 1.29 is 24.3 Å². The van der Waals surface area contributed by atoms with E-state index in [1.165, 1.54) is 0 Å². The summed E-state index contributed by atoms with van der Waals surface area (Å²) in [4.78, 5) is 42.6. The molecule has 90 valence electrons. The molecule has 0 aliphatic carbocycles. The van der Waals surface area contributed by atoms with E-state index in [9.17, 15) is 24.3 Å². The van der Waals surface area contributed by atoms with Crippen LogP contribution in [0.5, 0.6) is 0 Å². The van der Waals surface area contributed by atoms with Gasteiger partial charge in [-0.05, 0) is 6.42 Å². The van der Waals surface area contributed by atoms with Crippen molar-refractivity contribution in [1.29, 1.82) is 0 Å². The normalized spacial score (nSPS) is 9.81. The largest absolute Gasteiger partial charge is 0.541 e. The van der Waals surface area contributed by atoms with Crippen LogP contribution in [0.1, 0.15) is 45.4 Å². The molecule has 0 aromatic carbocycles. The molecule has 5 nitrogen and oxygen atoms in total. The molecule has 0 amide bonds. The highest BCUT2D eigenvalue weighted by atomic mass is 16.4. The molecule has 0 aliphatic heterocycles. The lowest BCUT2D eigenvalue weighted by Crippen LogP contribution is -2.39. The second kappa shape index (κ2) is 7.73. The Morgan fingerprint density at radius 2 is 1.44 bits per heavy atom. The van der Waals surface area contributed by atoms with Crippen LogP contribution >= 0.6 is 0 Å². The minimum atomic E-state index is -2.12. The number of carbonyl (C=O) groups is 4. The summed E-state index contributed by atoms with van der Waals surface area (Å²) >= 11 is 0. The fourth-order valence-corrected chi connectivity index (χ4v) is 1.22. The van der Waals surface area contributed by atoms with E-state index in [4.69, 9.17) is 0 Å². The van der Waals surface area contributed by atoms with E-state index < -0.39 is 23.3 Å². The molecule has 0 N–H and O–H groups in total. The maximum Gasteiger partial charge on any atom is 0.270 e. The van der Waals surface area contributed by atoms with Crippen LogP contribution < -0.4 is 5.11 Å². The van der Waals surface area contributed by atoms with Crippen LogP contribution in [-0.4, -0.2) is 23.3 Å². The first kappa shape index (κ1) is 14.5. The van der Waals surface area contributed by atoms with Gasteiger partial charge in [-0.3, -0.25) is 14.4 Å². The van der Waals surface area contributed by atoms with Crippen LogP contribution in [0.2, 0.25) is 0 Å². The Bertz CT molecular complexity index is 293. The molecular formula is C11H15O5-. The quantitative estimate of drug-likeness (QED) is 0.309. The van der Waals surface area contributed by atoms with Crippen molar-refractivity contribution in [1.82, 2.24) is 0 Å². The maximum absolute atomic E-state index is 11.1. The number of Topliss-reactive ketones (excluding diaryl/α,β-unsaturated/α-hetero) is 3. The van der Waals surface area contributed by atoms with Gasteiger partial charge >= 0.3 is 0 Å². The Kier molecular flexibility index (Phi) is 7.00. The van der Waals surface area contributed by atoms with Crippen LogP contribution in [0, 0.1) is 0 Å². The van der Waals surface area contributed by atoms with Gasteiger partial charge in [0, 0.05) is 6.42 Å². The zero-order chi connectivity index (χ0) is 12.6. The average molecular weight is 227 g/mol. The molecule has 0 saturated carbocycles. The van der Waals surface area contributed by atoms with Gasteiger partial charge < -0.3 is 9.90 Å². The standard InChI is InChI=1S/C11H16O5/c1-2-3-4-5-6-7-8(12)9(13)10(14)11(15)16/h2-7H2,1H3,(H,15,16)/p-1. The number of ketones is 3. The predicted octanol–water partition coefficient (Wildman–Crippen LogP) is -0.196. The van der Waals surface area contributed by atoms with E-state index >= 15 is 0 Å². The van der Waals surface area contributed by atoms with Crippen LogP contribution in [-0.2, 0) is 19.2 Å². The zero-order valence-electron chi connectivity index (χ0n) is 9.28. The Morgan fingerprint density at radius 1 is 0.875 bits per heavy atom. The number of carboxylic acids is 1. The van der Waals surface area contributed by atoms with Gasteiger partial charge in [-0.15, -0.1) is 0 Å². The van der Waals surface area contributed by atoms with E-state index in [1.54, 1.807) is 0 Å². The minimum Gasteiger partial charge on any atom is -0.541 e. The molecular weight excluding hydrogens is 212 g/mol. The summed E-state index contributed by atoms with van der Waals surface area (Å²) in [6.07, 6.45) is 4.32. The van der Waals surface area contributed by atoms with E-state index in [1.807, 2.05) is 6.92 Å². The van der Waals surface area contributed by atoms with Crippen LogP contribution in [0.15, 0.2) is 0 Å². The molecule has 0 atom stereocenters. The molecule has 0 rings (SSSR count). The molecule has 0 heterocycles. The number of rotatable bonds is 9. The van der Waals surface area contributed by atoms with E-state index in [2.05, 4.69) is 0 Å². The smallest absolute Gasteiger partial charge is 0.270 e. The molecule has 0 aliphatic rings. The zero-order valence-corrected chi connectivity index (χ0v) is 9.28. The van der Waals surface area contributed by atoms with E-state index in [0.29, 0.717) is 6.42 Å². The summed E-state index contributed by atoms with van der Waals surface area (Å²) < 4.78 is 0. The second-order valence-electron chi connectivity index (χ2n) is 3.53. The SMILES string of the molecule is CCCCCCCC(=O)C(=O)C(=O)C(=O)[O-]. The van der Waals surface area contributed by atoms with Crippen molar-refractivity contribution in [3.05, 3.63) is 0 Å². The number of carbonyl (C=O) groups excluding carboxylic acids is 4. The van der Waals surface area contributed by atoms with Crippen LogP contribution in [0.4, 0.5) is 0 Å². The number of carboxylic acid groups (broad SMARTS) is 1. The Morgan fingerprint density at radius 3 is 1.94 bits per heavy atom. The number of aliphatic carboxylic acids is 1. The highest BCUT2D eigenvalue weighted by Crippen LogP contribution is 2.05. The lowest BCUT2D eigenvalue weighted by Gasteiger charge is -2.00. The van der Waals surface area contributed by atoms with Gasteiger partial charge in [0.15, 0.2) is 0 Å². The third-order valence-electron chi connectivity index (χ3n) is 2.15. The first-order valence-corrected chi connectivity index (χ1v) is 5.33. The fourth-order valence-electron chi connectivity index (χ4n) is 1.22. The van der Waals surface area contributed by atoms with Gasteiger partial charge in [0.1, 0.15) is 5.97 Å². The summed E-state index contributed by atoms with van der Waals surface area (Å²) in [6, 6.07) is 0. The summed E-state index contributed by atoms with van der Waals surface area (Å²) in [6.45, 7) is 2.05. The fraction of sp³-hybridized carbons (Fsp3) is 0.636. The van der Waals surface area contributed by atoms with E-state index in [-0.39, 0.29) is 6.42 Å². The first-order chi connectivity index (χ1) is 7.50. The Balaban J connectivity index is 3.85. The summed E-state index contributed by atoms with van der Waals surface area (Å²) in [5.74, 6) is -6.29. The monoisotopic (exact) mass is 227 g/mol. The number of hydrogen-bond donors (Lipinski definition) is 0. The molecule has 0 bridgehead atoms. The van der Waals surface area contributed by atoms with Gasteiger partial charge in [-0.25, -0.2) is 0 Å². The maximum atomic E-state index is 11.1. The lowest BCUT2D eigenvalue weighted by atomic mass is 10.0. The molecule has 0 unspecified atom stereocenters. The molecule has 0 aromatic rings. The van der Waals surface area contributed by atoms with Crippen molar-refractivity contribution in [2.24, 2.45) is 0 Å². The summed E-state index contributed by atoms with van der Waals surface area (Å²) in [7, 11) is 0. The molecule has 0 saturated heterocycles. The molecule has 0 spiro atoms. The summed E-state index contributed by atoms with van der Waals surface area (Å²) in [5.41, 5.74) is 0. The topological polar surface area (TPSA) is 91.3 Å². The van der Waals surface area contributed by atoms with Crippen LogP contribution in [0.25, 0.3) is 0 Å². The Hall–Kier alpha value is -1.52. The van der Waals surface area contributed by atoms with Crippen molar-refractivity contribution in [2.45, 2.75) is 45.4 Å². The van der Waals surface area contributed by atoms with Gasteiger partial charge in [0.05, 0.1) is 0 Å². The average Bonchev–Trinajstić information content (AvgIpc) is 2.26. The lowest BCUT2D eigenvalue weighted by molar-refractivity contribution is -0.299. The van der Waals surface area contributed by atoms with Crippen molar-refractivity contribution >= 4 is 23.3 Å². The third-order valence-corrected chi connectivity index (χ3v) is 2.15. The highest BCUT2D eigenvalue weighted by Gasteiger charge is 2.22. The predicted molar refractivity (Wildman–Crippen MR) is 53.4 cm³/mol. The van der Waals surface area contributed by atoms with Crippen molar-refractivity contribution in [3.63, 3.8) is 0 Å². The first-order valence-electron chi connectivity index (χ1n) is 5.33. The Labute approximate surface area is 93.8 Å². The van der Waals surface area contributed by atoms with Gasteiger partial charge in [0.2, 0.25) is 5.78 Å². The number of unbranched alkanes of at least 4 members (excludes halogenated alkanes) is 4. The minimum absolute atomic E-state index is 0.0679. The number of hydrogen-bond acceptors (Lipinski definition) is 5. The molecule has 0 aromatic heterocycles. The molecule has 0 fully saturated rings. The van der Waals surface area contributed by atoms with Gasteiger partial charge in [-0.1, -0.05) is 32.6 Å². The molecule has 0 radical (unpaired) electrons. The molecule has 5 heteroatoms. The third kappa shape index (κ3) is 5.38. The summed E-state index contributed by atoms with van der Waals surface area (Å²) in [5, 5.41) is 10.0. The van der Waals surface area contributed by atoms with Crippen molar-refractivity contribution in [2.75, 3.05) is 0 Å². The van der Waals surface area contributed by atoms with Gasteiger partial charge in [0.25, 0.3) is 11.6 Å². The highest BCUT2D eigenvalue weighted by molar-refractivity contribution is 6.76. The molecule has 16 heavy (non-hydrogen) atoms. The van der Waals surface area contributed by atoms with E-state index in [0.717, 1.165) is 25.7 Å². The van der Waals surface area contributed by atoms with Crippen LogP contribution in [0.3, 0.4) is 0 Å².